The van der Waals surface area contributed by atoms with Gasteiger partial charge < -0.3 is 10.1 Å². The van der Waals surface area contributed by atoms with Crippen LogP contribution in [-0.2, 0) is 0 Å². The Balaban J connectivity index is 2.39. The van der Waals surface area contributed by atoms with Crippen molar-refractivity contribution < 1.29 is 4.74 Å². The second kappa shape index (κ2) is 4.34. The first-order valence-corrected chi connectivity index (χ1v) is 6.37. The Labute approximate surface area is 104 Å². The van der Waals surface area contributed by atoms with Crippen LogP contribution in [0.2, 0.25) is 0 Å². The van der Waals surface area contributed by atoms with Gasteiger partial charge in [0.05, 0.1) is 7.11 Å². The van der Waals surface area contributed by atoms with E-state index < -0.39 is 0 Å². The van der Waals surface area contributed by atoms with Gasteiger partial charge in [-0.05, 0) is 23.0 Å². The van der Waals surface area contributed by atoms with E-state index in [2.05, 4.69) is 51.2 Å². The van der Waals surface area contributed by atoms with E-state index in [0.29, 0.717) is 17.4 Å². The lowest BCUT2D eigenvalue weighted by atomic mass is 9.73. The average molecular weight is 233 g/mol. The van der Waals surface area contributed by atoms with E-state index in [1.54, 1.807) is 7.11 Å². The van der Waals surface area contributed by atoms with Crippen LogP contribution in [-0.4, -0.2) is 13.7 Å². The smallest absolute Gasteiger partial charge is 0.123 e. The number of benzene rings is 1. The lowest BCUT2D eigenvalue weighted by Crippen LogP contribution is -2.52. The summed E-state index contributed by atoms with van der Waals surface area (Å²) >= 11 is 0. The van der Waals surface area contributed by atoms with Crippen molar-refractivity contribution in [2.75, 3.05) is 13.7 Å². The van der Waals surface area contributed by atoms with Gasteiger partial charge in [0.1, 0.15) is 5.75 Å². The lowest BCUT2D eigenvalue weighted by molar-refractivity contribution is 0.125. The number of hydrogen-bond donors (Lipinski definition) is 1. The first-order valence-electron chi connectivity index (χ1n) is 6.37. The van der Waals surface area contributed by atoms with Crippen LogP contribution < -0.4 is 10.1 Å². The molecule has 2 rings (SSSR count). The third-order valence-corrected chi connectivity index (χ3v) is 3.77. The van der Waals surface area contributed by atoms with Gasteiger partial charge in [0.2, 0.25) is 0 Å². The molecule has 1 aromatic carbocycles. The zero-order valence-electron chi connectivity index (χ0n) is 11.5. The molecule has 0 saturated carbocycles. The number of ether oxygens (including phenoxy) is 1. The van der Waals surface area contributed by atoms with Crippen LogP contribution in [0, 0.1) is 5.41 Å². The first kappa shape index (κ1) is 12.4. The topological polar surface area (TPSA) is 21.3 Å². The number of rotatable bonds is 3. The van der Waals surface area contributed by atoms with Gasteiger partial charge in [-0.15, -0.1) is 0 Å². The SMILES string of the molecule is COc1ccc(C(C)C)cc1C1NCC1(C)C. The van der Waals surface area contributed by atoms with Gasteiger partial charge in [-0.3, -0.25) is 0 Å². The Morgan fingerprint density at radius 2 is 2.06 bits per heavy atom. The van der Waals surface area contributed by atoms with Crippen LogP contribution in [0.5, 0.6) is 5.75 Å². The fourth-order valence-electron chi connectivity index (χ4n) is 2.48. The molecular formula is C15H23NO. The molecule has 1 unspecified atom stereocenters. The largest absolute Gasteiger partial charge is 0.496 e. The molecule has 1 aliphatic rings. The molecule has 1 saturated heterocycles. The van der Waals surface area contributed by atoms with Crippen molar-refractivity contribution in [3.63, 3.8) is 0 Å². The van der Waals surface area contributed by atoms with Gasteiger partial charge in [-0.2, -0.15) is 0 Å². The van der Waals surface area contributed by atoms with Crippen molar-refractivity contribution in [2.24, 2.45) is 5.41 Å². The van der Waals surface area contributed by atoms with E-state index in [9.17, 15) is 0 Å². The highest BCUT2D eigenvalue weighted by Gasteiger charge is 2.40. The standard InChI is InChI=1S/C15H23NO/c1-10(2)11-6-7-13(17-5)12(8-11)14-15(3,4)9-16-14/h6-8,10,14,16H,9H2,1-5H3. The van der Waals surface area contributed by atoms with Gasteiger partial charge in [-0.1, -0.05) is 39.8 Å². The Kier molecular flexibility index (Phi) is 3.17. The molecule has 17 heavy (non-hydrogen) atoms. The molecule has 94 valence electrons. The summed E-state index contributed by atoms with van der Waals surface area (Å²) in [5.74, 6) is 1.56. The normalized spacial score (nSPS) is 22.4. The number of hydrogen-bond acceptors (Lipinski definition) is 2. The van der Waals surface area contributed by atoms with Crippen molar-refractivity contribution in [1.29, 1.82) is 0 Å². The predicted molar refractivity (Wildman–Crippen MR) is 71.6 cm³/mol. The molecule has 2 nitrogen and oxygen atoms in total. The molecule has 0 aliphatic carbocycles. The maximum Gasteiger partial charge on any atom is 0.123 e. The Bertz CT molecular complexity index is 409. The summed E-state index contributed by atoms with van der Waals surface area (Å²) in [5.41, 5.74) is 3.00. The van der Waals surface area contributed by atoms with Crippen molar-refractivity contribution in [2.45, 2.75) is 39.7 Å². The van der Waals surface area contributed by atoms with Crippen LogP contribution in [0.25, 0.3) is 0 Å². The summed E-state index contributed by atoms with van der Waals surface area (Å²) < 4.78 is 5.49. The molecule has 0 bridgehead atoms. The van der Waals surface area contributed by atoms with E-state index in [4.69, 9.17) is 4.74 Å². The third-order valence-electron chi connectivity index (χ3n) is 3.77. The van der Waals surface area contributed by atoms with Crippen LogP contribution in [0.1, 0.15) is 50.8 Å². The summed E-state index contributed by atoms with van der Waals surface area (Å²) in [6, 6.07) is 6.97. The minimum atomic E-state index is 0.322. The van der Waals surface area contributed by atoms with Crippen molar-refractivity contribution in [3.05, 3.63) is 29.3 Å². The van der Waals surface area contributed by atoms with E-state index in [0.717, 1.165) is 12.3 Å². The first-order chi connectivity index (χ1) is 7.95. The molecule has 1 aliphatic heterocycles. The second-order valence-corrected chi connectivity index (χ2v) is 5.96. The Morgan fingerprint density at radius 1 is 1.35 bits per heavy atom. The molecular weight excluding hydrogens is 210 g/mol. The van der Waals surface area contributed by atoms with Gasteiger partial charge >= 0.3 is 0 Å². The monoisotopic (exact) mass is 233 g/mol. The van der Waals surface area contributed by atoms with Gasteiger partial charge in [0, 0.05) is 18.2 Å². The highest BCUT2D eigenvalue weighted by atomic mass is 16.5. The summed E-state index contributed by atoms with van der Waals surface area (Å²) in [4.78, 5) is 0. The fourth-order valence-corrected chi connectivity index (χ4v) is 2.48. The summed E-state index contributed by atoms with van der Waals surface area (Å²) in [7, 11) is 1.75. The molecule has 1 atom stereocenters. The van der Waals surface area contributed by atoms with Crippen molar-refractivity contribution in [1.82, 2.24) is 5.32 Å². The maximum atomic E-state index is 5.49. The highest BCUT2D eigenvalue weighted by Crippen LogP contribution is 2.44. The van der Waals surface area contributed by atoms with Gasteiger partial charge in [0.15, 0.2) is 0 Å². The van der Waals surface area contributed by atoms with E-state index >= 15 is 0 Å². The van der Waals surface area contributed by atoms with Crippen molar-refractivity contribution >= 4 is 0 Å². The van der Waals surface area contributed by atoms with E-state index in [1.165, 1.54) is 11.1 Å². The molecule has 1 aromatic rings. The average Bonchev–Trinajstić information content (AvgIpc) is 2.27. The predicted octanol–water partition coefficient (Wildman–Crippen LogP) is 3.49. The van der Waals surface area contributed by atoms with Crippen LogP contribution in [0.4, 0.5) is 0 Å². The summed E-state index contributed by atoms with van der Waals surface area (Å²) in [6.45, 7) is 10.1. The minimum Gasteiger partial charge on any atom is -0.496 e. The maximum absolute atomic E-state index is 5.49. The molecule has 0 spiro atoms. The third kappa shape index (κ3) is 2.19. The molecule has 0 amide bonds. The zero-order valence-corrected chi connectivity index (χ0v) is 11.5. The quantitative estimate of drug-likeness (QED) is 0.863. The zero-order chi connectivity index (χ0) is 12.6. The second-order valence-electron chi connectivity index (χ2n) is 5.96. The molecule has 0 radical (unpaired) electrons. The molecule has 1 fully saturated rings. The molecule has 2 heteroatoms. The molecule has 1 heterocycles. The van der Waals surface area contributed by atoms with Crippen LogP contribution >= 0.6 is 0 Å². The number of methoxy groups -OCH3 is 1. The van der Waals surface area contributed by atoms with Crippen molar-refractivity contribution in [3.8, 4) is 5.75 Å². The molecule has 1 N–H and O–H groups in total. The number of nitrogens with one attached hydrogen (secondary N) is 1. The Morgan fingerprint density at radius 3 is 2.47 bits per heavy atom. The van der Waals surface area contributed by atoms with Gasteiger partial charge in [0.25, 0.3) is 0 Å². The van der Waals surface area contributed by atoms with Crippen LogP contribution in [0.15, 0.2) is 18.2 Å². The van der Waals surface area contributed by atoms with Crippen LogP contribution in [0.3, 0.4) is 0 Å². The summed E-state index contributed by atoms with van der Waals surface area (Å²) in [6.07, 6.45) is 0. The highest BCUT2D eigenvalue weighted by molar-refractivity contribution is 5.42. The minimum absolute atomic E-state index is 0.322. The van der Waals surface area contributed by atoms with E-state index in [-0.39, 0.29) is 0 Å². The lowest BCUT2D eigenvalue weighted by Gasteiger charge is -2.46. The molecule has 0 aromatic heterocycles. The van der Waals surface area contributed by atoms with Gasteiger partial charge in [-0.25, -0.2) is 0 Å². The Hall–Kier alpha value is -1.02. The van der Waals surface area contributed by atoms with E-state index in [1.807, 2.05) is 0 Å². The fraction of sp³-hybridized carbons (Fsp3) is 0.600. The summed E-state index contributed by atoms with van der Waals surface area (Å²) in [5, 5.41) is 3.51.